The van der Waals surface area contributed by atoms with E-state index >= 15 is 0 Å². The zero-order chi connectivity index (χ0) is 14.3. The largest absolute Gasteiger partial charge is 0.481 e. The molecular formula is C12H21N3O4. The number of carbonyl (C=O) groups excluding carboxylic acids is 2. The molecule has 7 heteroatoms. The van der Waals surface area contributed by atoms with Crippen molar-refractivity contribution < 1.29 is 19.5 Å². The lowest BCUT2D eigenvalue weighted by Gasteiger charge is -2.29. The van der Waals surface area contributed by atoms with Crippen LogP contribution in [0.15, 0.2) is 0 Å². The molecule has 0 aromatic heterocycles. The molecule has 0 heterocycles. The molecular weight excluding hydrogens is 250 g/mol. The van der Waals surface area contributed by atoms with Crippen molar-refractivity contribution in [2.75, 3.05) is 13.6 Å². The fourth-order valence-corrected chi connectivity index (χ4v) is 2.23. The number of aliphatic carboxylic acids is 1. The molecule has 7 nitrogen and oxygen atoms in total. The molecule has 1 rings (SSSR count). The molecule has 2 unspecified atom stereocenters. The Morgan fingerprint density at radius 3 is 2.53 bits per heavy atom. The number of hydrogen-bond acceptors (Lipinski definition) is 3. The Labute approximate surface area is 112 Å². The fourth-order valence-electron chi connectivity index (χ4n) is 2.23. The summed E-state index contributed by atoms with van der Waals surface area (Å²) in [5.41, 5.74) is 0. The van der Waals surface area contributed by atoms with Crippen LogP contribution in [-0.4, -0.2) is 42.6 Å². The van der Waals surface area contributed by atoms with E-state index in [-0.39, 0.29) is 24.9 Å². The molecule has 1 fully saturated rings. The minimum atomic E-state index is -0.865. The molecule has 3 amide bonds. The van der Waals surface area contributed by atoms with Gasteiger partial charge in [-0.05, 0) is 12.8 Å². The molecule has 0 spiro atoms. The summed E-state index contributed by atoms with van der Waals surface area (Å²) in [6.45, 7) is 0.232. The van der Waals surface area contributed by atoms with Crippen LogP contribution in [0, 0.1) is 5.92 Å². The van der Waals surface area contributed by atoms with Crippen molar-refractivity contribution in [3.05, 3.63) is 0 Å². The Bertz CT molecular complexity index is 346. The number of carbonyl (C=O) groups is 3. The van der Waals surface area contributed by atoms with Gasteiger partial charge in [0, 0.05) is 26.1 Å². The highest BCUT2D eigenvalue weighted by Crippen LogP contribution is 2.24. The third kappa shape index (κ3) is 5.15. The van der Waals surface area contributed by atoms with Gasteiger partial charge in [0.2, 0.25) is 5.91 Å². The van der Waals surface area contributed by atoms with E-state index in [1.807, 2.05) is 0 Å². The molecule has 0 aromatic rings. The van der Waals surface area contributed by atoms with E-state index in [0.29, 0.717) is 12.8 Å². The number of carboxylic acids is 1. The number of carboxylic acid groups (broad SMARTS) is 1. The first kappa shape index (κ1) is 15.3. The van der Waals surface area contributed by atoms with E-state index in [4.69, 9.17) is 5.11 Å². The summed E-state index contributed by atoms with van der Waals surface area (Å²) in [5, 5.41) is 16.8. The van der Waals surface area contributed by atoms with E-state index in [1.165, 1.54) is 7.05 Å². The SMILES string of the molecule is CNC(=O)CCNC(=O)NC1CCCCC1C(=O)O. The van der Waals surface area contributed by atoms with Gasteiger partial charge >= 0.3 is 12.0 Å². The van der Waals surface area contributed by atoms with Crippen molar-refractivity contribution in [2.45, 2.75) is 38.1 Å². The first-order chi connectivity index (χ1) is 9.04. The monoisotopic (exact) mass is 271 g/mol. The smallest absolute Gasteiger partial charge is 0.315 e. The maximum absolute atomic E-state index is 11.6. The second-order valence-corrected chi connectivity index (χ2v) is 4.66. The van der Waals surface area contributed by atoms with Crippen molar-refractivity contribution in [1.29, 1.82) is 0 Å². The van der Waals surface area contributed by atoms with Crippen LogP contribution in [0.5, 0.6) is 0 Å². The van der Waals surface area contributed by atoms with Crippen LogP contribution in [0.4, 0.5) is 4.79 Å². The predicted octanol–water partition coefficient (Wildman–Crippen LogP) is 0.0651. The van der Waals surface area contributed by atoms with Crippen LogP contribution in [-0.2, 0) is 9.59 Å². The lowest BCUT2D eigenvalue weighted by molar-refractivity contribution is -0.143. The topological polar surface area (TPSA) is 108 Å². The number of amides is 3. The summed E-state index contributed by atoms with van der Waals surface area (Å²) >= 11 is 0. The Kier molecular flexibility index (Phi) is 6.11. The third-order valence-corrected chi connectivity index (χ3v) is 3.32. The maximum atomic E-state index is 11.6. The molecule has 0 radical (unpaired) electrons. The zero-order valence-corrected chi connectivity index (χ0v) is 11.1. The number of rotatable bonds is 5. The highest BCUT2D eigenvalue weighted by molar-refractivity contribution is 5.79. The number of urea groups is 1. The lowest BCUT2D eigenvalue weighted by Crippen LogP contribution is -2.49. The minimum absolute atomic E-state index is 0.152. The summed E-state index contributed by atoms with van der Waals surface area (Å²) in [6, 6.07) is -0.742. The zero-order valence-electron chi connectivity index (χ0n) is 11.1. The molecule has 19 heavy (non-hydrogen) atoms. The third-order valence-electron chi connectivity index (χ3n) is 3.32. The van der Waals surface area contributed by atoms with E-state index in [0.717, 1.165) is 12.8 Å². The average Bonchev–Trinajstić information content (AvgIpc) is 2.38. The highest BCUT2D eigenvalue weighted by atomic mass is 16.4. The van der Waals surface area contributed by atoms with E-state index < -0.39 is 17.9 Å². The van der Waals surface area contributed by atoms with E-state index in [2.05, 4.69) is 16.0 Å². The van der Waals surface area contributed by atoms with Gasteiger partial charge in [0.25, 0.3) is 0 Å². The normalized spacial score (nSPS) is 22.4. The molecule has 4 N–H and O–H groups in total. The first-order valence-electron chi connectivity index (χ1n) is 6.52. The molecule has 0 bridgehead atoms. The fraction of sp³-hybridized carbons (Fsp3) is 0.750. The van der Waals surface area contributed by atoms with Gasteiger partial charge in [0.1, 0.15) is 0 Å². The second kappa shape index (κ2) is 7.60. The van der Waals surface area contributed by atoms with Crippen LogP contribution in [0.25, 0.3) is 0 Å². The molecule has 2 atom stereocenters. The Hall–Kier alpha value is -1.79. The molecule has 0 saturated heterocycles. The van der Waals surface area contributed by atoms with Crippen LogP contribution >= 0.6 is 0 Å². The quantitative estimate of drug-likeness (QED) is 0.567. The van der Waals surface area contributed by atoms with Crippen LogP contribution in [0.3, 0.4) is 0 Å². The van der Waals surface area contributed by atoms with Crippen molar-refractivity contribution in [1.82, 2.24) is 16.0 Å². The first-order valence-corrected chi connectivity index (χ1v) is 6.52. The molecule has 1 aliphatic carbocycles. The number of nitrogens with one attached hydrogen (secondary N) is 3. The van der Waals surface area contributed by atoms with Crippen molar-refractivity contribution >= 4 is 17.9 Å². The van der Waals surface area contributed by atoms with Crippen molar-refractivity contribution in [3.63, 3.8) is 0 Å². The Balaban J connectivity index is 2.33. The molecule has 1 aliphatic rings. The molecule has 108 valence electrons. The standard InChI is InChI=1S/C12H21N3O4/c1-13-10(16)6-7-14-12(19)15-9-5-3-2-4-8(9)11(17)18/h8-9H,2-7H2,1H3,(H,13,16)(H,17,18)(H2,14,15,19). The summed E-state index contributed by atoms with van der Waals surface area (Å²) in [7, 11) is 1.53. The Morgan fingerprint density at radius 1 is 1.21 bits per heavy atom. The maximum Gasteiger partial charge on any atom is 0.315 e. The van der Waals surface area contributed by atoms with Gasteiger partial charge in [0.05, 0.1) is 5.92 Å². The second-order valence-electron chi connectivity index (χ2n) is 4.66. The van der Waals surface area contributed by atoms with Crippen LogP contribution in [0.1, 0.15) is 32.1 Å². The summed E-state index contributed by atoms with van der Waals surface area (Å²) in [4.78, 5) is 33.6. The van der Waals surface area contributed by atoms with Gasteiger partial charge in [-0.15, -0.1) is 0 Å². The van der Waals surface area contributed by atoms with Gasteiger partial charge in [-0.25, -0.2) is 4.79 Å². The Morgan fingerprint density at radius 2 is 1.89 bits per heavy atom. The van der Waals surface area contributed by atoms with Gasteiger partial charge in [0.15, 0.2) is 0 Å². The highest BCUT2D eigenvalue weighted by Gasteiger charge is 2.31. The lowest BCUT2D eigenvalue weighted by atomic mass is 9.84. The summed E-state index contributed by atoms with van der Waals surface area (Å²) in [5.74, 6) is -1.53. The van der Waals surface area contributed by atoms with Crippen LogP contribution < -0.4 is 16.0 Å². The predicted molar refractivity (Wildman–Crippen MR) is 68.6 cm³/mol. The molecule has 1 saturated carbocycles. The van der Waals surface area contributed by atoms with Crippen molar-refractivity contribution in [3.8, 4) is 0 Å². The van der Waals surface area contributed by atoms with E-state index in [9.17, 15) is 14.4 Å². The van der Waals surface area contributed by atoms with Crippen LogP contribution in [0.2, 0.25) is 0 Å². The van der Waals surface area contributed by atoms with E-state index in [1.54, 1.807) is 0 Å². The molecule has 0 aliphatic heterocycles. The molecule has 0 aromatic carbocycles. The van der Waals surface area contributed by atoms with Gasteiger partial charge in [-0.1, -0.05) is 12.8 Å². The van der Waals surface area contributed by atoms with Gasteiger partial charge in [-0.2, -0.15) is 0 Å². The minimum Gasteiger partial charge on any atom is -0.481 e. The average molecular weight is 271 g/mol. The summed E-state index contributed by atoms with van der Waals surface area (Å²) in [6.07, 6.45) is 3.29. The number of hydrogen-bond donors (Lipinski definition) is 4. The van der Waals surface area contributed by atoms with Crippen molar-refractivity contribution in [2.24, 2.45) is 5.92 Å². The summed E-state index contributed by atoms with van der Waals surface area (Å²) < 4.78 is 0. The van der Waals surface area contributed by atoms with Gasteiger partial charge in [-0.3, -0.25) is 9.59 Å². The van der Waals surface area contributed by atoms with Gasteiger partial charge < -0.3 is 21.1 Å².